The van der Waals surface area contributed by atoms with Crippen LogP contribution < -0.4 is 9.47 Å². The van der Waals surface area contributed by atoms with E-state index in [9.17, 15) is 9.90 Å². The van der Waals surface area contributed by atoms with E-state index in [1.54, 1.807) is 6.07 Å². The van der Waals surface area contributed by atoms with Gasteiger partial charge in [0, 0.05) is 29.4 Å². The average Bonchev–Trinajstić information content (AvgIpc) is 2.44. The molecule has 1 fully saturated rings. The lowest BCUT2D eigenvalue weighted by Crippen LogP contribution is -2.54. The monoisotopic (exact) mass is 330 g/mol. The van der Waals surface area contributed by atoms with Gasteiger partial charge in [-0.2, -0.15) is 0 Å². The summed E-state index contributed by atoms with van der Waals surface area (Å²) in [5, 5.41) is 10.6. The van der Waals surface area contributed by atoms with E-state index < -0.39 is 0 Å². The van der Waals surface area contributed by atoms with Crippen LogP contribution in [0.4, 0.5) is 0 Å². The number of aromatic hydroxyl groups is 1. The van der Waals surface area contributed by atoms with Gasteiger partial charge < -0.3 is 14.6 Å². The smallest absolute Gasteiger partial charge is 0.172 e. The van der Waals surface area contributed by atoms with Crippen LogP contribution in [0.5, 0.6) is 17.2 Å². The Morgan fingerprint density at radius 2 is 2.00 bits per heavy atom. The summed E-state index contributed by atoms with van der Waals surface area (Å²) >= 11 is 0. The quantitative estimate of drug-likeness (QED) is 0.815. The first-order chi connectivity index (χ1) is 11.1. The number of benzene rings is 1. The fourth-order valence-corrected chi connectivity index (χ4v) is 4.91. The second kappa shape index (κ2) is 4.68. The number of phenolic OH excluding ortho intramolecular Hbond substituents is 1. The van der Waals surface area contributed by atoms with Crippen molar-refractivity contribution in [2.75, 3.05) is 0 Å². The standard InChI is InChI=1S/C20H26O4/c1-10(2)17(22)16-13(21)8-14-15-11-9-20(5,24-18(15)16)7-6-12(11)19(3,4)23-14/h8,10-12,21H,6-7,9H2,1-5H3/t11-,12+,20-/m0/s1. The Bertz CT molecular complexity index is 734. The molecule has 3 atom stereocenters. The molecule has 0 saturated heterocycles. The van der Waals surface area contributed by atoms with E-state index >= 15 is 0 Å². The number of phenols is 1. The molecule has 2 bridgehead atoms. The van der Waals surface area contributed by atoms with Gasteiger partial charge in [0.25, 0.3) is 0 Å². The van der Waals surface area contributed by atoms with Crippen molar-refractivity contribution in [2.45, 2.75) is 71.0 Å². The number of hydrogen-bond acceptors (Lipinski definition) is 4. The molecule has 0 radical (unpaired) electrons. The molecule has 4 heteroatoms. The zero-order chi connectivity index (χ0) is 17.4. The Labute approximate surface area is 143 Å². The predicted molar refractivity (Wildman–Crippen MR) is 91.1 cm³/mol. The molecule has 3 aliphatic rings. The van der Waals surface area contributed by atoms with Gasteiger partial charge in [0.15, 0.2) is 5.78 Å². The molecule has 2 heterocycles. The molecular formula is C20H26O4. The molecule has 1 aromatic rings. The van der Waals surface area contributed by atoms with Gasteiger partial charge in [-0.15, -0.1) is 0 Å². The maximum atomic E-state index is 12.7. The van der Waals surface area contributed by atoms with Gasteiger partial charge in [-0.3, -0.25) is 4.79 Å². The van der Waals surface area contributed by atoms with E-state index in [0.717, 1.165) is 24.8 Å². The van der Waals surface area contributed by atoms with Crippen molar-refractivity contribution < 1.29 is 19.4 Å². The summed E-state index contributed by atoms with van der Waals surface area (Å²) in [5.41, 5.74) is 0.796. The minimum atomic E-state index is -0.274. The predicted octanol–water partition coefficient (Wildman–Crippen LogP) is 4.44. The molecule has 2 aliphatic heterocycles. The van der Waals surface area contributed by atoms with Crippen LogP contribution in [0, 0.1) is 11.8 Å². The average molecular weight is 330 g/mol. The summed E-state index contributed by atoms with van der Waals surface area (Å²) in [6.45, 7) is 10.1. The maximum Gasteiger partial charge on any atom is 0.172 e. The molecule has 4 rings (SSSR count). The van der Waals surface area contributed by atoms with Gasteiger partial charge in [0.2, 0.25) is 0 Å². The molecule has 24 heavy (non-hydrogen) atoms. The van der Waals surface area contributed by atoms with Crippen LogP contribution in [0.15, 0.2) is 6.07 Å². The van der Waals surface area contributed by atoms with Crippen LogP contribution in [0.25, 0.3) is 0 Å². The topological polar surface area (TPSA) is 55.8 Å². The van der Waals surface area contributed by atoms with Crippen LogP contribution in [0.3, 0.4) is 0 Å². The van der Waals surface area contributed by atoms with Crippen LogP contribution >= 0.6 is 0 Å². The van der Waals surface area contributed by atoms with Crippen molar-refractivity contribution in [3.05, 3.63) is 17.2 Å². The van der Waals surface area contributed by atoms with E-state index in [0.29, 0.717) is 28.9 Å². The minimum Gasteiger partial charge on any atom is -0.507 e. The Morgan fingerprint density at radius 1 is 1.29 bits per heavy atom. The van der Waals surface area contributed by atoms with Gasteiger partial charge >= 0.3 is 0 Å². The van der Waals surface area contributed by atoms with Crippen molar-refractivity contribution in [3.8, 4) is 17.2 Å². The number of rotatable bonds is 2. The second-order valence-electron chi connectivity index (χ2n) is 8.74. The summed E-state index contributed by atoms with van der Waals surface area (Å²) in [6.07, 6.45) is 2.95. The number of fused-ring (bicyclic) bond motifs is 1. The van der Waals surface area contributed by atoms with Crippen molar-refractivity contribution in [1.29, 1.82) is 0 Å². The van der Waals surface area contributed by atoms with Crippen LogP contribution in [0.1, 0.15) is 75.7 Å². The molecule has 1 saturated carbocycles. The zero-order valence-corrected chi connectivity index (χ0v) is 15.1. The highest BCUT2D eigenvalue weighted by atomic mass is 16.5. The third-order valence-corrected chi connectivity index (χ3v) is 6.14. The number of carbonyl (C=O) groups is 1. The number of Topliss-reactive ketones (excluding diaryl/α,β-unsaturated/α-hetero) is 1. The lowest BCUT2D eigenvalue weighted by atomic mass is 9.61. The van der Waals surface area contributed by atoms with Gasteiger partial charge in [-0.25, -0.2) is 0 Å². The third-order valence-electron chi connectivity index (χ3n) is 6.14. The summed E-state index contributed by atoms with van der Waals surface area (Å²) in [6, 6.07) is 1.62. The van der Waals surface area contributed by atoms with Gasteiger partial charge in [0.05, 0.1) is 0 Å². The molecule has 0 spiro atoms. The van der Waals surface area contributed by atoms with Crippen molar-refractivity contribution in [3.63, 3.8) is 0 Å². The Morgan fingerprint density at radius 3 is 2.67 bits per heavy atom. The number of ketones is 1. The van der Waals surface area contributed by atoms with E-state index in [-0.39, 0.29) is 28.7 Å². The second-order valence-corrected chi connectivity index (χ2v) is 8.74. The van der Waals surface area contributed by atoms with Gasteiger partial charge in [-0.1, -0.05) is 13.8 Å². The van der Waals surface area contributed by atoms with E-state index in [4.69, 9.17) is 9.47 Å². The van der Waals surface area contributed by atoms with Crippen molar-refractivity contribution in [2.24, 2.45) is 11.8 Å². The highest BCUT2D eigenvalue weighted by molar-refractivity contribution is 6.03. The molecule has 1 aliphatic carbocycles. The highest BCUT2D eigenvalue weighted by Crippen LogP contribution is 2.62. The zero-order valence-electron chi connectivity index (χ0n) is 15.1. The summed E-state index contributed by atoms with van der Waals surface area (Å²) in [4.78, 5) is 12.7. The normalized spacial score (nSPS) is 32.1. The molecule has 0 unspecified atom stereocenters. The van der Waals surface area contributed by atoms with E-state index in [2.05, 4.69) is 20.8 Å². The Balaban J connectivity index is 1.99. The lowest BCUT2D eigenvalue weighted by molar-refractivity contribution is -0.0731. The number of hydrogen-bond donors (Lipinski definition) is 1. The molecule has 0 amide bonds. The summed E-state index contributed by atoms with van der Waals surface area (Å²) in [7, 11) is 0. The molecule has 1 N–H and O–H groups in total. The van der Waals surface area contributed by atoms with Crippen molar-refractivity contribution >= 4 is 5.78 Å². The van der Waals surface area contributed by atoms with Crippen LogP contribution in [0.2, 0.25) is 0 Å². The van der Waals surface area contributed by atoms with E-state index in [1.807, 2.05) is 13.8 Å². The minimum absolute atomic E-state index is 0.0275. The summed E-state index contributed by atoms with van der Waals surface area (Å²) in [5.74, 6) is 1.69. The Kier molecular flexibility index (Phi) is 3.08. The van der Waals surface area contributed by atoms with Crippen LogP contribution in [-0.2, 0) is 0 Å². The molecule has 4 nitrogen and oxygen atoms in total. The molecular weight excluding hydrogens is 304 g/mol. The Hall–Kier alpha value is -1.71. The van der Waals surface area contributed by atoms with Crippen LogP contribution in [-0.4, -0.2) is 22.1 Å². The first-order valence-electron chi connectivity index (χ1n) is 8.95. The fraction of sp³-hybridized carbons (Fsp3) is 0.650. The first-order valence-corrected chi connectivity index (χ1v) is 8.95. The fourth-order valence-electron chi connectivity index (χ4n) is 4.91. The van der Waals surface area contributed by atoms with E-state index in [1.165, 1.54) is 0 Å². The SMILES string of the molecule is CC(C)C(=O)c1c(O)cc2c3c1O[C@@]1(C)CC[C@H]([C@@H]3C1)C(C)(C)O2. The molecule has 1 aromatic carbocycles. The summed E-state index contributed by atoms with van der Waals surface area (Å²) < 4.78 is 12.6. The van der Waals surface area contributed by atoms with Crippen molar-refractivity contribution in [1.82, 2.24) is 0 Å². The lowest BCUT2D eigenvalue weighted by Gasteiger charge is -2.55. The highest BCUT2D eigenvalue weighted by Gasteiger charge is 2.55. The largest absolute Gasteiger partial charge is 0.507 e. The maximum absolute atomic E-state index is 12.7. The van der Waals surface area contributed by atoms with Gasteiger partial charge in [0.1, 0.15) is 34.0 Å². The third kappa shape index (κ3) is 2.01. The first kappa shape index (κ1) is 15.8. The molecule has 0 aromatic heterocycles. The molecule has 130 valence electrons. The number of carbonyl (C=O) groups excluding carboxylic acids is 1. The van der Waals surface area contributed by atoms with Gasteiger partial charge in [-0.05, 0) is 40.0 Å². The number of ether oxygens (including phenoxy) is 2.